The number of aliphatic hydroxyl groups excluding tert-OH is 1. The Morgan fingerprint density at radius 1 is 0.671 bits per heavy atom. The Hall–Kier alpha value is -6.47. The first-order chi connectivity index (χ1) is 39.8. The molecule has 4 aliphatic heterocycles. The summed E-state index contributed by atoms with van der Waals surface area (Å²) in [6.45, 7) is 11.1. The molecule has 448 valence electrons. The van der Waals surface area contributed by atoms with Crippen LogP contribution in [0.2, 0.25) is 0 Å². The minimum atomic E-state index is -3.76. The largest absolute Gasteiger partial charge is 0.478 e. The van der Waals surface area contributed by atoms with E-state index in [0.717, 1.165) is 63.0 Å². The van der Waals surface area contributed by atoms with Gasteiger partial charge in [-0.1, -0.05) is 58.7 Å². The van der Waals surface area contributed by atoms with Crippen LogP contribution in [0.1, 0.15) is 174 Å². The molecule has 24 heteroatoms. The van der Waals surface area contributed by atoms with Crippen molar-refractivity contribution in [2.24, 2.45) is 21.8 Å². The zero-order valence-corrected chi connectivity index (χ0v) is 50.0. The second kappa shape index (κ2) is 28.7. The van der Waals surface area contributed by atoms with Crippen LogP contribution in [0.25, 0.3) is 12.2 Å². The zero-order chi connectivity index (χ0) is 61.6. The van der Waals surface area contributed by atoms with Crippen LogP contribution >= 0.6 is 0 Å². The molecular formula is C58H81N9O13S2. The fourth-order valence-electron chi connectivity index (χ4n) is 11.0. The molecule has 82 heavy (non-hydrogen) atoms. The first-order valence-electron chi connectivity index (χ1n) is 29.1. The van der Waals surface area contributed by atoms with E-state index in [9.17, 15) is 41.1 Å². The molecular weight excluding hydrogens is 1090 g/mol. The van der Waals surface area contributed by atoms with Gasteiger partial charge < -0.3 is 35.1 Å². The van der Waals surface area contributed by atoms with E-state index in [2.05, 4.69) is 25.6 Å². The monoisotopic (exact) mass is 1180 g/mol. The van der Waals surface area contributed by atoms with Crippen molar-refractivity contribution >= 4 is 67.6 Å². The highest BCUT2D eigenvalue weighted by atomic mass is 32.2. The number of hydrogen-bond acceptors (Lipinski definition) is 17. The summed E-state index contributed by atoms with van der Waals surface area (Å²) in [5.41, 5.74) is 2.78. The third-order valence-corrected chi connectivity index (χ3v) is 18.5. The number of aryl methyl sites for hydroxylation is 4. The third-order valence-electron chi connectivity index (χ3n) is 15.4. The van der Waals surface area contributed by atoms with Crippen LogP contribution in [0.15, 0.2) is 45.1 Å². The van der Waals surface area contributed by atoms with Crippen LogP contribution in [0, 0.1) is 39.5 Å². The average molecular weight is 1180 g/mol. The fraction of sp³-hybridized carbons (Fsp3) is 0.569. The van der Waals surface area contributed by atoms with Crippen molar-refractivity contribution in [3.05, 3.63) is 79.6 Å². The van der Waals surface area contributed by atoms with Gasteiger partial charge >= 0.3 is 30.0 Å². The van der Waals surface area contributed by atoms with Gasteiger partial charge in [-0.2, -0.15) is 8.61 Å². The number of aliphatic hydroxyl groups is 1. The summed E-state index contributed by atoms with van der Waals surface area (Å²) >= 11 is 0. The van der Waals surface area contributed by atoms with E-state index in [1.807, 2.05) is 6.92 Å². The van der Waals surface area contributed by atoms with Gasteiger partial charge in [-0.05, 0) is 156 Å². The van der Waals surface area contributed by atoms with E-state index in [1.165, 1.54) is 70.8 Å². The summed E-state index contributed by atoms with van der Waals surface area (Å²) in [6.07, 6.45) is 16.3. The highest BCUT2D eigenvalue weighted by Crippen LogP contribution is 2.37. The number of hydrogen-bond donors (Lipinski definition) is 4. The number of aliphatic imine (C=N–C) groups is 2. The standard InChI is InChI=1S/C29H36N6O7S.C24H31N3O5S.C3H8.C2H6O/c1-18-16-21(24(36)42-28-32-26(40-3)31-27(33-28)41-4)17-19(2)22(18)10-15-43(38,39)35-13-11-29(12-14-35)25(37)30-23(34-29)20-8-6-5-7-9-20;1-16-14-19(22(28)29)15-17(2)20(16)8-13-33(31,32)27-11-9-24(10-12-27)23(30)25-21(26-24)18-6-4-3-5-7-18;1-3-2;1-2-3/h10,15-17,20H,5-9,11-14H2,1-4H3,(H,30,34,37);8,13-15,18H,3-7,9-12H2,1-2H3,(H,28,29)(H,25,26,30);3H2,1-2H3;3H,2H2,1H3/b15-10+;13-8+;;/i;;1TD;. The van der Waals surface area contributed by atoms with Crippen LogP contribution in [0.4, 0.5) is 0 Å². The van der Waals surface area contributed by atoms with Gasteiger partial charge in [-0.3, -0.25) is 19.6 Å². The lowest BCUT2D eigenvalue weighted by molar-refractivity contribution is -0.125. The Bertz CT molecular complexity index is 3150. The molecule has 4 N–H and O–H groups in total. The number of carbonyl (C=O) groups excluding carboxylic acids is 3. The number of aromatic nitrogens is 3. The number of nitrogens with zero attached hydrogens (tertiary/aromatic N) is 7. The van der Waals surface area contributed by atoms with E-state index in [-0.39, 0.29) is 79.7 Å². The number of amidine groups is 2. The van der Waals surface area contributed by atoms with Crippen LogP contribution in [-0.2, 0) is 29.6 Å². The van der Waals surface area contributed by atoms with Crippen LogP contribution < -0.4 is 24.8 Å². The van der Waals surface area contributed by atoms with Crippen molar-refractivity contribution in [3.8, 4) is 18.0 Å². The molecule has 22 nitrogen and oxygen atoms in total. The summed E-state index contributed by atoms with van der Waals surface area (Å²) in [7, 11) is -4.72. The molecule has 5 heterocycles. The smallest absolute Gasteiger partial charge is 0.345 e. The van der Waals surface area contributed by atoms with Crippen molar-refractivity contribution in [1.82, 2.24) is 34.2 Å². The quantitative estimate of drug-likeness (QED) is 0.120. The van der Waals surface area contributed by atoms with Crippen LogP contribution in [0.5, 0.6) is 18.0 Å². The Labute approximate surface area is 485 Å². The molecule has 1 aromatic heterocycles. The molecule has 2 saturated heterocycles. The maximum atomic E-state index is 13.3. The molecule has 0 bridgehead atoms. The number of aromatic carboxylic acids is 1. The zero-order valence-electron chi connectivity index (χ0n) is 50.3. The molecule has 0 radical (unpaired) electrons. The van der Waals surface area contributed by atoms with E-state index >= 15 is 0 Å². The van der Waals surface area contributed by atoms with Crippen LogP contribution in [-0.4, -0.2) is 144 Å². The van der Waals surface area contributed by atoms with Crippen molar-refractivity contribution in [2.75, 3.05) is 47.0 Å². The van der Waals surface area contributed by atoms with Gasteiger partial charge in [-0.15, -0.1) is 15.0 Å². The van der Waals surface area contributed by atoms with Gasteiger partial charge in [0.2, 0.25) is 20.0 Å². The van der Waals surface area contributed by atoms with E-state index < -0.39 is 49.9 Å². The van der Waals surface area contributed by atoms with E-state index in [1.54, 1.807) is 46.8 Å². The second-order valence-electron chi connectivity index (χ2n) is 21.2. The summed E-state index contributed by atoms with van der Waals surface area (Å²) < 4.78 is 83.4. The van der Waals surface area contributed by atoms with E-state index in [0.29, 0.717) is 71.4 Å². The molecule has 2 aromatic carbocycles. The molecule has 2 aliphatic carbocycles. The van der Waals surface area contributed by atoms with Crippen LogP contribution in [0.3, 0.4) is 0 Å². The summed E-state index contributed by atoms with van der Waals surface area (Å²) in [5.74, 6) is 0.246. The Balaban J connectivity index is 0.000000245. The minimum absolute atomic E-state index is 0.0731. The average Bonchev–Trinajstić information content (AvgIpc) is 4.16. The Morgan fingerprint density at radius 3 is 1.34 bits per heavy atom. The number of carboxylic acids is 1. The molecule has 9 rings (SSSR count). The predicted molar refractivity (Wildman–Crippen MR) is 313 cm³/mol. The number of piperidine rings is 2. The van der Waals surface area contributed by atoms with Gasteiger partial charge in [0.05, 0.1) is 25.3 Å². The number of carboxylic acid groups (broad SMARTS) is 1. The van der Waals surface area contributed by atoms with Gasteiger partial charge in [-0.25, -0.2) is 26.4 Å². The number of ether oxygens (including phenoxy) is 3. The Kier molecular flexibility index (Phi) is 21.5. The maximum absolute atomic E-state index is 13.3. The SMILES string of the molecule is CCO.COc1nc(OC)nc(OC(=O)c2cc(C)c(/C=C/S(=O)(=O)N3CCC4(CC3)N=C(C3CCCCC3)NC4=O)c(C)c2)n1.Cc1cc(C(=O)O)cc(C)c1/C=C/S(=O)(=O)N1CCC2(CC1)N=C(C1CCCCC1)NC2=O.[2H]C([3H])CC. The van der Waals surface area contributed by atoms with E-state index in [4.69, 9.17) is 32.0 Å². The number of methoxy groups -OCH3 is 2. The van der Waals surface area contributed by atoms with Crippen molar-refractivity contribution < 1.29 is 63.2 Å². The number of nitrogens with one attached hydrogen (secondary N) is 2. The number of benzene rings is 2. The van der Waals surface area contributed by atoms with Gasteiger partial charge in [0.15, 0.2) is 0 Å². The predicted octanol–water partition coefficient (Wildman–Crippen LogP) is 7.63. The first kappa shape index (κ1) is 61.6. The highest BCUT2D eigenvalue weighted by molar-refractivity contribution is 7.92. The van der Waals surface area contributed by atoms with Crippen molar-refractivity contribution in [2.45, 2.75) is 156 Å². The molecule has 2 amide bonds. The van der Waals surface area contributed by atoms with Crippen molar-refractivity contribution in [3.63, 3.8) is 0 Å². The molecule has 1 atom stereocenters. The fourth-order valence-corrected chi connectivity index (χ4v) is 13.4. The molecule has 3 aromatic rings. The summed E-state index contributed by atoms with van der Waals surface area (Å²) in [6, 6.07) is 5.84. The minimum Gasteiger partial charge on any atom is -0.478 e. The van der Waals surface area contributed by atoms with Gasteiger partial charge in [0, 0.05) is 58.2 Å². The number of carbonyl (C=O) groups is 4. The number of rotatable bonds is 13. The lowest BCUT2D eigenvalue weighted by Crippen LogP contribution is -2.50. The number of sulfonamides is 2. The maximum Gasteiger partial charge on any atom is 0.345 e. The number of amides is 2. The topological polar surface area (TPSA) is 299 Å². The third kappa shape index (κ3) is 16.0. The molecule has 4 fully saturated rings. The molecule has 2 saturated carbocycles. The summed E-state index contributed by atoms with van der Waals surface area (Å²) in [4.78, 5) is 71.1. The summed E-state index contributed by atoms with van der Waals surface area (Å²) in [5, 5.41) is 25.1. The Morgan fingerprint density at radius 2 is 1.01 bits per heavy atom. The molecule has 6 aliphatic rings. The number of esters is 1. The lowest BCUT2D eigenvalue weighted by Gasteiger charge is -2.34. The first-order valence-corrected chi connectivity index (χ1v) is 31.0. The normalized spacial score (nSPS) is 20.2. The molecule has 2 spiro atoms. The van der Waals surface area contributed by atoms with Gasteiger partial charge in [0.25, 0.3) is 11.8 Å². The molecule has 1 unspecified atom stereocenters. The van der Waals surface area contributed by atoms with Gasteiger partial charge in [0.1, 0.15) is 22.7 Å². The second-order valence-corrected chi connectivity index (χ2v) is 24.8. The highest BCUT2D eigenvalue weighted by Gasteiger charge is 2.49. The lowest BCUT2D eigenvalue weighted by atomic mass is 9.88. The van der Waals surface area contributed by atoms with Crippen molar-refractivity contribution in [1.29, 1.82) is 0 Å².